The largest absolute Gasteiger partial charge is 0.382 e. The second-order valence-corrected chi connectivity index (χ2v) is 6.02. The highest BCUT2D eigenvalue weighted by atomic mass is 14.9. The van der Waals surface area contributed by atoms with Gasteiger partial charge in [0.05, 0.1) is 0 Å². The van der Waals surface area contributed by atoms with Crippen LogP contribution in [0.25, 0.3) is 11.1 Å². The second-order valence-electron chi connectivity index (χ2n) is 6.02. The van der Waals surface area contributed by atoms with Gasteiger partial charge >= 0.3 is 0 Å². The highest BCUT2D eigenvalue weighted by Crippen LogP contribution is 2.31. The molecule has 0 spiro atoms. The van der Waals surface area contributed by atoms with E-state index < -0.39 is 0 Å². The van der Waals surface area contributed by atoms with E-state index in [1.165, 1.54) is 42.5 Å². The van der Waals surface area contributed by atoms with Gasteiger partial charge in [-0.05, 0) is 30.4 Å². The zero-order valence-corrected chi connectivity index (χ0v) is 12.2. The zero-order valence-electron chi connectivity index (χ0n) is 12.2. The van der Waals surface area contributed by atoms with Crippen molar-refractivity contribution in [3.8, 4) is 11.1 Å². The lowest BCUT2D eigenvalue weighted by Gasteiger charge is -2.29. The Hall–Kier alpha value is -1.76. The summed E-state index contributed by atoms with van der Waals surface area (Å²) in [6.45, 7) is 2.37. The number of hydrogen-bond acceptors (Lipinski definition) is 1. The van der Waals surface area contributed by atoms with Crippen LogP contribution in [-0.2, 0) is 0 Å². The van der Waals surface area contributed by atoms with Gasteiger partial charge in [0.1, 0.15) is 0 Å². The van der Waals surface area contributed by atoms with Crippen LogP contribution < -0.4 is 5.32 Å². The van der Waals surface area contributed by atoms with Crippen molar-refractivity contribution in [2.75, 3.05) is 5.32 Å². The molecule has 104 valence electrons. The van der Waals surface area contributed by atoms with Gasteiger partial charge in [0.25, 0.3) is 0 Å². The lowest BCUT2D eigenvalue weighted by atomic mass is 9.87. The third kappa shape index (κ3) is 3.04. The molecule has 3 rings (SSSR count). The highest BCUT2D eigenvalue weighted by Gasteiger charge is 2.19. The van der Waals surface area contributed by atoms with Crippen molar-refractivity contribution < 1.29 is 0 Å². The van der Waals surface area contributed by atoms with Crippen molar-refractivity contribution in [3.63, 3.8) is 0 Å². The molecule has 2 aromatic rings. The molecule has 1 aliphatic carbocycles. The lowest BCUT2D eigenvalue weighted by molar-refractivity contribution is 0.359. The minimum Gasteiger partial charge on any atom is -0.382 e. The monoisotopic (exact) mass is 265 g/mol. The molecule has 1 saturated carbocycles. The summed E-state index contributed by atoms with van der Waals surface area (Å²) in [7, 11) is 0. The first-order valence-corrected chi connectivity index (χ1v) is 7.74. The molecule has 0 bridgehead atoms. The number of rotatable bonds is 3. The van der Waals surface area contributed by atoms with E-state index in [0.29, 0.717) is 6.04 Å². The quantitative estimate of drug-likeness (QED) is 0.789. The molecule has 0 saturated heterocycles. The summed E-state index contributed by atoms with van der Waals surface area (Å²) in [4.78, 5) is 0. The van der Waals surface area contributed by atoms with Crippen LogP contribution in [-0.4, -0.2) is 6.04 Å². The summed E-state index contributed by atoms with van der Waals surface area (Å²) in [5.41, 5.74) is 3.88. The first-order valence-electron chi connectivity index (χ1n) is 7.74. The molecule has 2 unspecified atom stereocenters. The minimum absolute atomic E-state index is 0.628. The van der Waals surface area contributed by atoms with Crippen molar-refractivity contribution >= 4 is 5.69 Å². The average Bonchev–Trinajstić information content (AvgIpc) is 2.49. The Morgan fingerprint density at radius 3 is 2.45 bits per heavy atom. The van der Waals surface area contributed by atoms with Gasteiger partial charge in [-0.3, -0.25) is 0 Å². The molecule has 0 amide bonds. The Bertz CT molecular complexity index is 547. The molecule has 1 N–H and O–H groups in total. The van der Waals surface area contributed by atoms with Gasteiger partial charge in [0.2, 0.25) is 0 Å². The molecule has 0 radical (unpaired) electrons. The van der Waals surface area contributed by atoms with Crippen LogP contribution in [0.3, 0.4) is 0 Å². The Morgan fingerprint density at radius 1 is 0.900 bits per heavy atom. The van der Waals surface area contributed by atoms with E-state index >= 15 is 0 Å². The van der Waals surface area contributed by atoms with Gasteiger partial charge in [0.15, 0.2) is 0 Å². The van der Waals surface area contributed by atoms with Crippen LogP contribution in [0.15, 0.2) is 54.6 Å². The van der Waals surface area contributed by atoms with Gasteiger partial charge in [-0.2, -0.15) is 0 Å². The molecule has 1 heteroatoms. The molecular weight excluding hydrogens is 242 g/mol. The molecule has 0 aromatic heterocycles. The van der Waals surface area contributed by atoms with Gasteiger partial charge in [-0.25, -0.2) is 0 Å². The third-order valence-corrected chi connectivity index (χ3v) is 4.31. The van der Waals surface area contributed by atoms with Gasteiger partial charge in [-0.15, -0.1) is 0 Å². The highest BCUT2D eigenvalue weighted by molar-refractivity contribution is 5.77. The van der Waals surface area contributed by atoms with Crippen molar-refractivity contribution in [1.82, 2.24) is 0 Å². The van der Waals surface area contributed by atoms with E-state index in [0.717, 1.165) is 5.92 Å². The van der Waals surface area contributed by atoms with Crippen molar-refractivity contribution in [1.29, 1.82) is 0 Å². The van der Waals surface area contributed by atoms with Crippen LogP contribution in [0, 0.1) is 5.92 Å². The van der Waals surface area contributed by atoms with E-state index in [1.807, 2.05) is 0 Å². The Labute approximate surface area is 122 Å². The maximum atomic E-state index is 3.78. The van der Waals surface area contributed by atoms with Crippen molar-refractivity contribution in [2.24, 2.45) is 5.92 Å². The maximum absolute atomic E-state index is 3.78. The Kier molecular flexibility index (Phi) is 4.05. The molecule has 20 heavy (non-hydrogen) atoms. The summed E-state index contributed by atoms with van der Waals surface area (Å²) in [5, 5.41) is 3.78. The molecule has 1 fully saturated rings. The van der Waals surface area contributed by atoms with E-state index in [9.17, 15) is 0 Å². The summed E-state index contributed by atoms with van der Waals surface area (Å²) < 4.78 is 0. The van der Waals surface area contributed by atoms with Crippen LogP contribution in [0.2, 0.25) is 0 Å². The fraction of sp³-hybridized carbons (Fsp3) is 0.368. The maximum Gasteiger partial charge on any atom is 0.0422 e. The first kappa shape index (κ1) is 13.2. The average molecular weight is 265 g/mol. The Balaban J connectivity index is 1.83. The molecule has 1 nitrogen and oxygen atoms in total. The van der Waals surface area contributed by atoms with E-state index in [2.05, 4.69) is 66.8 Å². The lowest BCUT2D eigenvalue weighted by Crippen LogP contribution is -2.26. The number of nitrogens with one attached hydrogen (secondary N) is 1. The predicted molar refractivity (Wildman–Crippen MR) is 86.9 cm³/mol. The van der Waals surface area contributed by atoms with Crippen LogP contribution >= 0.6 is 0 Å². The number of hydrogen-bond donors (Lipinski definition) is 1. The number of benzene rings is 2. The topological polar surface area (TPSA) is 12.0 Å². The summed E-state index contributed by atoms with van der Waals surface area (Å²) in [6, 6.07) is 20.0. The van der Waals surface area contributed by atoms with Gasteiger partial charge in [-0.1, -0.05) is 68.3 Å². The number of anilines is 1. The molecular formula is C19H23N. The molecule has 1 aliphatic rings. The number of para-hydroxylation sites is 1. The van der Waals surface area contributed by atoms with Crippen LogP contribution in [0.4, 0.5) is 5.69 Å². The van der Waals surface area contributed by atoms with E-state index in [-0.39, 0.29) is 0 Å². The fourth-order valence-corrected chi connectivity index (χ4v) is 3.26. The second kappa shape index (κ2) is 6.13. The van der Waals surface area contributed by atoms with Crippen LogP contribution in [0.5, 0.6) is 0 Å². The van der Waals surface area contributed by atoms with Gasteiger partial charge in [0, 0.05) is 17.3 Å². The minimum atomic E-state index is 0.628. The summed E-state index contributed by atoms with van der Waals surface area (Å²) >= 11 is 0. The van der Waals surface area contributed by atoms with E-state index in [4.69, 9.17) is 0 Å². The molecule has 0 heterocycles. The molecule has 2 atom stereocenters. The third-order valence-electron chi connectivity index (χ3n) is 4.31. The summed E-state index contributed by atoms with van der Waals surface area (Å²) in [6.07, 6.45) is 5.33. The van der Waals surface area contributed by atoms with Crippen LogP contribution in [0.1, 0.15) is 32.6 Å². The zero-order chi connectivity index (χ0) is 13.8. The van der Waals surface area contributed by atoms with Gasteiger partial charge < -0.3 is 5.32 Å². The molecule has 2 aromatic carbocycles. The predicted octanol–water partition coefficient (Wildman–Crippen LogP) is 5.34. The summed E-state index contributed by atoms with van der Waals surface area (Å²) in [5.74, 6) is 0.852. The first-order chi connectivity index (χ1) is 9.83. The standard InChI is InChI=1S/C19H23N/c1-15-8-7-11-17(14-15)20-19-13-6-5-12-18(19)16-9-3-2-4-10-16/h2-6,9-10,12-13,15,17,20H,7-8,11,14H2,1H3. The SMILES string of the molecule is CC1CCCC(Nc2ccccc2-c2ccccc2)C1. The normalized spacial score (nSPS) is 22.4. The smallest absolute Gasteiger partial charge is 0.0422 e. The fourth-order valence-electron chi connectivity index (χ4n) is 3.26. The molecule has 0 aliphatic heterocycles. The van der Waals surface area contributed by atoms with Crippen molar-refractivity contribution in [2.45, 2.75) is 38.6 Å². The Morgan fingerprint density at radius 2 is 1.65 bits per heavy atom. The van der Waals surface area contributed by atoms with E-state index in [1.54, 1.807) is 0 Å². The van der Waals surface area contributed by atoms with Crippen molar-refractivity contribution in [3.05, 3.63) is 54.6 Å².